The van der Waals surface area contributed by atoms with E-state index >= 15 is 0 Å². The van der Waals surface area contributed by atoms with Crippen LogP contribution < -0.4 is 20.4 Å². The fraction of sp³-hybridized carbons (Fsp3) is 0.214. The summed E-state index contributed by atoms with van der Waals surface area (Å²) in [5, 5.41) is 7.38. The van der Waals surface area contributed by atoms with E-state index in [-0.39, 0.29) is 30.2 Å². The van der Waals surface area contributed by atoms with Crippen molar-refractivity contribution in [3.63, 3.8) is 0 Å². The van der Waals surface area contributed by atoms with E-state index in [9.17, 15) is 28.8 Å². The van der Waals surface area contributed by atoms with Crippen LogP contribution in [0.25, 0.3) is 11.1 Å². The fourth-order valence-electron chi connectivity index (χ4n) is 8.11. The first kappa shape index (κ1) is 35.1. The van der Waals surface area contributed by atoms with E-state index in [1.165, 1.54) is 11.3 Å². The summed E-state index contributed by atoms with van der Waals surface area (Å²) in [5.41, 5.74) is 6.23. The zero-order valence-corrected chi connectivity index (χ0v) is 30.8. The fourth-order valence-corrected chi connectivity index (χ4v) is 8.64. The molecule has 56 heavy (non-hydrogen) atoms. The average Bonchev–Trinajstić information content (AvgIpc) is 3.92. The molecule has 4 aliphatic heterocycles. The van der Waals surface area contributed by atoms with Crippen molar-refractivity contribution in [1.82, 2.24) is 20.1 Å². The molecule has 2 N–H and O–H groups in total. The number of anilines is 3. The zero-order valence-electron chi connectivity index (χ0n) is 30.0. The molecule has 0 bridgehead atoms. The summed E-state index contributed by atoms with van der Waals surface area (Å²) in [6.45, 7) is 2.85. The van der Waals surface area contributed by atoms with Crippen molar-refractivity contribution in [2.45, 2.75) is 31.5 Å². The summed E-state index contributed by atoms with van der Waals surface area (Å²) in [6.07, 6.45) is 1.80. The molecule has 6 amide bonds. The molecule has 5 aromatic rings. The van der Waals surface area contributed by atoms with Gasteiger partial charge in [0.25, 0.3) is 23.6 Å². The highest BCUT2D eigenvalue weighted by molar-refractivity contribution is 7.13. The zero-order chi connectivity index (χ0) is 38.5. The summed E-state index contributed by atoms with van der Waals surface area (Å²) < 4.78 is 0. The van der Waals surface area contributed by atoms with E-state index in [0.29, 0.717) is 60.2 Å². The number of carbonyl (C=O) groups is 6. The number of nitrogens with zero attached hydrogens (tertiary/aromatic N) is 5. The molecule has 14 heteroatoms. The summed E-state index contributed by atoms with van der Waals surface area (Å²) in [7, 11) is 0. The molecule has 0 aliphatic carbocycles. The lowest BCUT2D eigenvalue weighted by Crippen LogP contribution is -2.54. The average molecular weight is 766 g/mol. The van der Waals surface area contributed by atoms with Gasteiger partial charge < -0.3 is 14.7 Å². The van der Waals surface area contributed by atoms with Gasteiger partial charge >= 0.3 is 0 Å². The lowest BCUT2D eigenvalue weighted by molar-refractivity contribution is -0.136. The van der Waals surface area contributed by atoms with E-state index in [2.05, 4.69) is 37.6 Å². The number of amides is 6. The molecule has 1 aromatic heterocycles. The monoisotopic (exact) mass is 765 g/mol. The van der Waals surface area contributed by atoms with Crippen molar-refractivity contribution in [1.29, 1.82) is 0 Å². The van der Waals surface area contributed by atoms with Crippen LogP contribution in [0.2, 0.25) is 0 Å². The summed E-state index contributed by atoms with van der Waals surface area (Å²) in [5.74, 6) is -2.60. The Morgan fingerprint density at radius 3 is 2.27 bits per heavy atom. The number of carbonyl (C=O) groups excluding carboxylic acids is 6. The minimum Gasteiger partial charge on any atom is -0.368 e. The third-order valence-corrected chi connectivity index (χ3v) is 11.6. The van der Waals surface area contributed by atoms with E-state index in [0.717, 1.165) is 27.3 Å². The maximum Gasteiger partial charge on any atom is 0.264 e. The molecule has 4 aliphatic rings. The summed E-state index contributed by atoms with van der Waals surface area (Å²) in [6, 6.07) is 26.7. The third kappa shape index (κ3) is 6.17. The Bertz CT molecular complexity index is 2410. The Hall–Kier alpha value is -6.67. The van der Waals surface area contributed by atoms with E-state index in [1.807, 2.05) is 66.7 Å². The topological polar surface area (TPSA) is 152 Å². The number of thiazole rings is 1. The van der Waals surface area contributed by atoms with Crippen molar-refractivity contribution in [3.8, 4) is 11.1 Å². The second-order valence-electron chi connectivity index (χ2n) is 14.1. The van der Waals surface area contributed by atoms with Crippen LogP contribution in [0, 0.1) is 0 Å². The van der Waals surface area contributed by atoms with Gasteiger partial charge in [-0.3, -0.25) is 44.3 Å². The Kier molecular flexibility index (Phi) is 8.89. The standard InChI is InChI=1S/C42H35N7O6S/c50-34-16-15-33(37(51)44-34)49-40(54)30-7-4-8-32(35(30)41(49)55)47-20-18-46(19-21-47)29-13-11-25(12-14-29)27-9-10-28-24-48(39(53)31(28)23-27)36(26-5-2-1-3-6-26)38(52)45-42-43-17-22-56-42/h1-14,17,22-23,33,36H,15-16,18-21,24H2,(H,43,45,52)(H,44,50,51). The quantitative estimate of drug-likeness (QED) is 0.211. The number of rotatable bonds is 8. The van der Waals surface area contributed by atoms with Crippen LogP contribution in [0.3, 0.4) is 0 Å². The van der Waals surface area contributed by atoms with Crippen LogP contribution in [0.1, 0.15) is 61.1 Å². The number of hydrogen-bond acceptors (Lipinski definition) is 10. The molecule has 280 valence electrons. The maximum absolute atomic E-state index is 14.0. The van der Waals surface area contributed by atoms with Crippen LogP contribution in [-0.2, 0) is 20.9 Å². The number of piperidine rings is 1. The number of fused-ring (bicyclic) bond motifs is 2. The molecule has 5 heterocycles. The van der Waals surface area contributed by atoms with Gasteiger partial charge in [0.15, 0.2) is 5.13 Å². The second-order valence-corrected chi connectivity index (χ2v) is 15.0. The van der Waals surface area contributed by atoms with Crippen molar-refractivity contribution in [2.24, 2.45) is 0 Å². The molecule has 2 atom stereocenters. The van der Waals surface area contributed by atoms with Crippen molar-refractivity contribution < 1.29 is 28.8 Å². The predicted octanol–water partition coefficient (Wildman–Crippen LogP) is 4.87. The van der Waals surface area contributed by atoms with Gasteiger partial charge in [0.2, 0.25) is 11.8 Å². The first-order valence-corrected chi connectivity index (χ1v) is 19.3. The predicted molar refractivity (Wildman–Crippen MR) is 209 cm³/mol. The van der Waals surface area contributed by atoms with Gasteiger partial charge in [-0.2, -0.15) is 0 Å². The molecule has 4 aromatic carbocycles. The molecular weight excluding hydrogens is 731 g/mol. The SMILES string of the molecule is O=C1CCC(N2C(=O)c3cccc(N4CCN(c5ccc(-c6ccc7c(c6)C(=O)N(C(C(=O)Nc6nccs6)c6ccccc6)C7)cc5)CC4)c3C2=O)C(=O)N1. The second kappa shape index (κ2) is 14.2. The molecule has 13 nitrogen and oxygen atoms in total. The van der Waals surface area contributed by atoms with Crippen LogP contribution in [0.5, 0.6) is 0 Å². The molecule has 2 fully saturated rings. The lowest BCUT2D eigenvalue weighted by Gasteiger charge is -2.38. The number of aromatic nitrogens is 1. The lowest BCUT2D eigenvalue weighted by atomic mass is 10.00. The highest BCUT2D eigenvalue weighted by Gasteiger charge is 2.46. The smallest absolute Gasteiger partial charge is 0.264 e. The highest BCUT2D eigenvalue weighted by Crippen LogP contribution is 2.37. The molecule has 9 rings (SSSR count). The number of hydrogen-bond donors (Lipinski definition) is 2. The van der Waals surface area contributed by atoms with Crippen LogP contribution in [-0.4, -0.2) is 82.4 Å². The van der Waals surface area contributed by atoms with E-state index in [4.69, 9.17) is 0 Å². The largest absolute Gasteiger partial charge is 0.368 e. The van der Waals surface area contributed by atoms with Crippen molar-refractivity contribution >= 4 is 63.3 Å². The Morgan fingerprint density at radius 1 is 0.786 bits per heavy atom. The first-order valence-electron chi connectivity index (χ1n) is 18.4. The Morgan fingerprint density at radius 2 is 1.54 bits per heavy atom. The number of nitrogens with one attached hydrogen (secondary N) is 2. The highest BCUT2D eigenvalue weighted by atomic mass is 32.1. The Balaban J connectivity index is 0.877. The van der Waals surface area contributed by atoms with E-state index in [1.54, 1.807) is 28.6 Å². The summed E-state index contributed by atoms with van der Waals surface area (Å²) >= 11 is 1.32. The molecule has 2 saturated heterocycles. The van der Waals surface area contributed by atoms with Gasteiger partial charge in [-0.1, -0.05) is 60.7 Å². The minimum atomic E-state index is -1.01. The first-order chi connectivity index (χ1) is 27.2. The number of imide groups is 2. The van der Waals surface area contributed by atoms with E-state index < -0.39 is 35.7 Å². The number of benzene rings is 4. The van der Waals surface area contributed by atoms with Crippen molar-refractivity contribution in [2.75, 3.05) is 41.3 Å². The van der Waals surface area contributed by atoms with Gasteiger partial charge in [-0.25, -0.2) is 4.98 Å². The van der Waals surface area contributed by atoms with Gasteiger partial charge in [0.05, 0.1) is 16.8 Å². The molecule has 0 spiro atoms. The normalized spacial score (nSPS) is 18.6. The van der Waals surface area contributed by atoms with Gasteiger partial charge in [-0.05, 0) is 59.0 Å². The molecular formula is C42H35N7O6S. The Labute approximate surface area is 325 Å². The molecule has 0 saturated carbocycles. The van der Waals surface area contributed by atoms with Gasteiger partial charge in [0.1, 0.15) is 12.1 Å². The molecule has 2 unspecified atom stereocenters. The van der Waals surface area contributed by atoms with Crippen LogP contribution in [0.4, 0.5) is 16.5 Å². The third-order valence-electron chi connectivity index (χ3n) is 10.9. The van der Waals surface area contributed by atoms with Gasteiger partial charge in [-0.15, -0.1) is 11.3 Å². The molecule has 0 radical (unpaired) electrons. The van der Waals surface area contributed by atoms with Crippen molar-refractivity contribution in [3.05, 3.63) is 130 Å². The minimum absolute atomic E-state index is 0.0669. The summed E-state index contributed by atoms with van der Waals surface area (Å²) in [4.78, 5) is 90.0. The van der Waals surface area contributed by atoms with Crippen LogP contribution >= 0.6 is 11.3 Å². The maximum atomic E-state index is 14.0. The van der Waals surface area contributed by atoms with Crippen LogP contribution in [0.15, 0.2) is 103 Å². The number of piperazine rings is 1. The van der Waals surface area contributed by atoms with Gasteiger partial charge in [0, 0.05) is 62.0 Å².